The van der Waals surface area contributed by atoms with E-state index in [1.165, 1.54) is 19.3 Å². The Kier molecular flexibility index (Phi) is 10.2. The molecule has 0 aromatic heterocycles. The van der Waals surface area contributed by atoms with Gasteiger partial charge in [0, 0.05) is 13.0 Å². The molecule has 0 fully saturated rings. The largest absolute Gasteiger partial charge is 0.327 e. The molecular weight excluding hydrogens is 212 g/mol. The molecule has 0 aliphatic carbocycles. The van der Waals surface area contributed by atoms with Crippen molar-refractivity contribution < 1.29 is 4.79 Å². The summed E-state index contributed by atoms with van der Waals surface area (Å²) < 4.78 is 0. The second-order valence-corrected chi connectivity index (χ2v) is 4.63. The number of nitrogens with zero attached hydrogens (tertiary/aromatic N) is 1. The van der Waals surface area contributed by atoms with E-state index in [4.69, 9.17) is 0 Å². The predicted molar refractivity (Wildman–Crippen MR) is 73.9 cm³/mol. The zero-order chi connectivity index (χ0) is 13.1. The number of nitrogens with one attached hydrogen (secondary N) is 1. The van der Waals surface area contributed by atoms with Crippen molar-refractivity contribution in [3.05, 3.63) is 0 Å². The van der Waals surface area contributed by atoms with E-state index in [0.29, 0.717) is 6.42 Å². The number of unbranched alkanes of at least 4 members (excludes halogenated alkanes) is 3. The monoisotopic (exact) mass is 242 g/mol. The summed E-state index contributed by atoms with van der Waals surface area (Å²) in [6.07, 6.45) is 6.74. The van der Waals surface area contributed by atoms with Crippen molar-refractivity contribution in [2.75, 3.05) is 13.1 Å². The van der Waals surface area contributed by atoms with Gasteiger partial charge in [0.15, 0.2) is 0 Å². The number of hydrogen-bond acceptors (Lipinski definition) is 2. The van der Waals surface area contributed by atoms with Crippen LogP contribution in [0.25, 0.3) is 0 Å². The summed E-state index contributed by atoms with van der Waals surface area (Å²) in [5.74, 6) is 0.262. The van der Waals surface area contributed by atoms with Crippen molar-refractivity contribution in [3.8, 4) is 0 Å². The third-order valence-corrected chi connectivity index (χ3v) is 3.03. The normalized spacial score (nSPS) is 12.5. The highest BCUT2D eigenvalue weighted by Gasteiger charge is 2.16. The maximum Gasteiger partial charge on any atom is 0.223 e. The lowest BCUT2D eigenvalue weighted by Crippen LogP contribution is -2.47. The molecule has 1 atom stereocenters. The van der Waals surface area contributed by atoms with Gasteiger partial charge in [-0.25, -0.2) is 0 Å². The van der Waals surface area contributed by atoms with Crippen LogP contribution in [0.3, 0.4) is 0 Å². The summed E-state index contributed by atoms with van der Waals surface area (Å²) in [7, 11) is 0. The fraction of sp³-hybridized carbons (Fsp3) is 0.929. The highest BCUT2D eigenvalue weighted by atomic mass is 16.2. The topological polar surface area (TPSA) is 32.3 Å². The van der Waals surface area contributed by atoms with Crippen LogP contribution >= 0.6 is 0 Å². The van der Waals surface area contributed by atoms with Gasteiger partial charge in [0.25, 0.3) is 0 Å². The number of rotatable bonds is 10. The molecule has 1 N–H and O–H groups in total. The summed E-state index contributed by atoms with van der Waals surface area (Å²) >= 11 is 0. The Balaban J connectivity index is 4.08. The SMILES string of the molecule is CCCCCCN(C(=O)CC)C(C)NCCC. The fourth-order valence-corrected chi connectivity index (χ4v) is 1.91. The number of carbonyl (C=O) groups is 1. The van der Waals surface area contributed by atoms with Crippen LogP contribution in [-0.2, 0) is 4.79 Å². The minimum atomic E-state index is 0.170. The van der Waals surface area contributed by atoms with Gasteiger partial charge in [-0.3, -0.25) is 10.1 Å². The van der Waals surface area contributed by atoms with Gasteiger partial charge in [-0.2, -0.15) is 0 Å². The first-order valence-electron chi connectivity index (χ1n) is 7.20. The summed E-state index contributed by atoms with van der Waals surface area (Å²) in [5, 5.41) is 3.39. The van der Waals surface area contributed by atoms with Crippen molar-refractivity contribution in [2.24, 2.45) is 0 Å². The van der Waals surface area contributed by atoms with Crippen LogP contribution in [0.2, 0.25) is 0 Å². The Labute approximate surface area is 107 Å². The van der Waals surface area contributed by atoms with E-state index in [-0.39, 0.29) is 12.1 Å². The molecule has 0 aromatic rings. The zero-order valence-electron chi connectivity index (χ0n) is 12.1. The molecule has 0 bridgehead atoms. The van der Waals surface area contributed by atoms with Crippen LogP contribution in [0.1, 0.15) is 66.2 Å². The number of carbonyl (C=O) groups excluding carboxylic acids is 1. The average Bonchev–Trinajstić information content (AvgIpc) is 2.35. The van der Waals surface area contributed by atoms with Gasteiger partial charge in [0.1, 0.15) is 0 Å². The lowest BCUT2D eigenvalue weighted by molar-refractivity contribution is -0.133. The van der Waals surface area contributed by atoms with E-state index in [9.17, 15) is 4.79 Å². The summed E-state index contributed by atoms with van der Waals surface area (Å²) in [6, 6.07) is 0. The Bertz CT molecular complexity index is 195. The van der Waals surface area contributed by atoms with Gasteiger partial charge in [-0.1, -0.05) is 40.0 Å². The lowest BCUT2D eigenvalue weighted by atomic mass is 10.2. The van der Waals surface area contributed by atoms with Gasteiger partial charge in [-0.05, 0) is 26.3 Å². The molecule has 102 valence electrons. The Morgan fingerprint density at radius 3 is 2.35 bits per heavy atom. The first-order chi connectivity index (χ1) is 8.17. The maximum absolute atomic E-state index is 11.9. The third-order valence-electron chi connectivity index (χ3n) is 3.03. The third kappa shape index (κ3) is 7.37. The van der Waals surface area contributed by atoms with Crippen LogP contribution in [0.4, 0.5) is 0 Å². The quantitative estimate of drug-likeness (QED) is 0.471. The van der Waals surface area contributed by atoms with Crippen molar-refractivity contribution in [1.29, 1.82) is 0 Å². The molecular formula is C14H30N2O. The van der Waals surface area contributed by atoms with Gasteiger partial charge in [0.05, 0.1) is 6.17 Å². The van der Waals surface area contributed by atoms with E-state index in [1.807, 2.05) is 11.8 Å². The molecule has 0 saturated heterocycles. The maximum atomic E-state index is 11.9. The molecule has 1 amide bonds. The second kappa shape index (κ2) is 10.6. The molecule has 0 rings (SSSR count). The molecule has 0 heterocycles. The van der Waals surface area contributed by atoms with Crippen LogP contribution in [-0.4, -0.2) is 30.1 Å². The molecule has 3 heteroatoms. The molecule has 0 radical (unpaired) electrons. The van der Waals surface area contributed by atoms with E-state index in [0.717, 1.165) is 25.9 Å². The minimum Gasteiger partial charge on any atom is -0.327 e. The van der Waals surface area contributed by atoms with Crippen molar-refractivity contribution >= 4 is 5.91 Å². The van der Waals surface area contributed by atoms with Crippen molar-refractivity contribution in [1.82, 2.24) is 10.2 Å². The van der Waals surface area contributed by atoms with Gasteiger partial charge < -0.3 is 4.90 Å². The zero-order valence-corrected chi connectivity index (χ0v) is 12.1. The standard InChI is InChI=1S/C14H30N2O/c1-5-8-9-10-12-16(14(17)7-3)13(4)15-11-6-2/h13,15H,5-12H2,1-4H3. The molecule has 17 heavy (non-hydrogen) atoms. The van der Waals surface area contributed by atoms with Gasteiger partial charge >= 0.3 is 0 Å². The van der Waals surface area contributed by atoms with Gasteiger partial charge in [-0.15, -0.1) is 0 Å². The Morgan fingerprint density at radius 2 is 1.82 bits per heavy atom. The van der Waals surface area contributed by atoms with Crippen molar-refractivity contribution in [3.63, 3.8) is 0 Å². The summed E-state index contributed by atoms with van der Waals surface area (Å²) in [4.78, 5) is 13.9. The summed E-state index contributed by atoms with van der Waals surface area (Å²) in [5.41, 5.74) is 0. The number of amides is 1. The lowest BCUT2D eigenvalue weighted by Gasteiger charge is -2.30. The van der Waals surface area contributed by atoms with Crippen LogP contribution in [0.5, 0.6) is 0 Å². The van der Waals surface area contributed by atoms with Crippen molar-refractivity contribution in [2.45, 2.75) is 72.4 Å². The smallest absolute Gasteiger partial charge is 0.223 e. The molecule has 0 aliphatic heterocycles. The minimum absolute atomic E-state index is 0.170. The average molecular weight is 242 g/mol. The predicted octanol–water partition coefficient (Wildman–Crippen LogP) is 3.15. The van der Waals surface area contributed by atoms with E-state index >= 15 is 0 Å². The number of hydrogen-bond donors (Lipinski definition) is 1. The van der Waals surface area contributed by atoms with Crippen LogP contribution < -0.4 is 5.32 Å². The Morgan fingerprint density at radius 1 is 1.12 bits per heavy atom. The molecule has 1 unspecified atom stereocenters. The second-order valence-electron chi connectivity index (χ2n) is 4.63. The van der Waals surface area contributed by atoms with E-state index < -0.39 is 0 Å². The molecule has 0 spiro atoms. The highest BCUT2D eigenvalue weighted by molar-refractivity contribution is 5.76. The first kappa shape index (κ1) is 16.4. The molecule has 0 aromatic carbocycles. The Hall–Kier alpha value is -0.570. The highest BCUT2D eigenvalue weighted by Crippen LogP contribution is 2.06. The summed E-state index contributed by atoms with van der Waals surface area (Å²) in [6.45, 7) is 10.2. The van der Waals surface area contributed by atoms with Gasteiger partial charge in [0.2, 0.25) is 5.91 Å². The van der Waals surface area contributed by atoms with Crippen LogP contribution in [0, 0.1) is 0 Å². The van der Waals surface area contributed by atoms with E-state index in [2.05, 4.69) is 26.1 Å². The fourth-order valence-electron chi connectivity index (χ4n) is 1.91. The van der Waals surface area contributed by atoms with Crippen LogP contribution in [0.15, 0.2) is 0 Å². The molecule has 0 saturated carbocycles. The molecule has 0 aliphatic rings. The van der Waals surface area contributed by atoms with E-state index in [1.54, 1.807) is 0 Å². The molecule has 3 nitrogen and oxygen atoms in total. The first-order valence-corrected chi connectivity index (χ1v) is 7.20.